The molecule has 0 radical (unpaired) electrons. The van der Waals surface area contributed by atoms with Crippen LogP contribution in [0.25, 0.3) is 11.3 Å². The van der Waals surface area contributed by atoms with Gasteiger partial charge < -0.3 is 4.57 Å². The standard InChI is InChI=1S/C22H26N2/c1-17-9-8-10-18(13-17)15-24-16-20(19-11-6-5-7-12-19)23-21(24)14-22(2,3)4/h5-13,16H,14-15H2,1-4H3. The first kappa shape index (κ1) is 16.5. The Morgan fingerprint density at radius 1 is 0.958 bits per heavy atom. The molecule has 1 heterocycles. The van der Waals surface area contributed by atoms with Crippen molar-refractivity contribution in [3.63, 3.8) is 0 Å². The molecule has 0 aliphatic carbocycles. The first-order valence-corrected chi connectivity index (χ1v) is 8.58. The van der Waals surface area contributed by atoms with Crippen LogP contribution in [0.3, 0.4) is 0 Å². The number of benzene rings is 2. The van der Waals surface area contributed by atoms with Crippen molar-refractivity contribution in [1.82, 2.24) is 9.55 Å². The number of imidazole rings is 1. The second kappa shape index (κ2) is 6.64. The van der Waals surface area contributed by atoms with Crippen molar-refractivity contribution in [3.05, 3.63) is 77.7 Å². The van der Waals surface area contributed by atoms with Crippen LogP contribution >= 0.6 is 0 Å². The second-order valence-electron chi connectivity index (χ2n) is 7.76. The Labute approximate surface area is 145 Å². The Balaban J connectivity index is 1.97. The molecule has 0 N–H and O–H groups in total. The number of aromatic nitrogens is 2. The van der Waals surface area contributed by atoms with Gasteiger partial charge in [0.25, 0.3) is 0 Å². The molecule has 124 valence electrons. The fraction of sp³-hybridized carbons (Fsp3) is 0.318. The van der Waals surface area contributed by atoms with Gasteiger partial charge in [0.15, 0.2) is 0 Å². The van der Waals surface area contributed by atoms with Crippen LogP contribution in [0.5, 0.6) is 0 Å². The van der Waals surface area contributed by atoms with E-state index in [9.17, 15) is 0 Å². The van der Waals surface area contributed by atoms with E-state index in [1.807, 2.05) is 6.07 Å². The first-order valence-electron chi connectivity index (χ1n) is 8.58. The number of rotatable bonds is 4. The van der Waals surface area contributed by atoms with Crippen molar-refractivity contribution in [2.45, 2.75) is 40.7 Å². The quantitative estimate of drug-likeness (QED) is 0.621. The van der Waals surface area contributed by atoms with Crippen LogP contribution in [-0.4, -0.2) is 9.55 Å². The third-order valence-corrected chi connectivity index (χ3v) is 4.05. The lowest BCUT2D eigenvalue weighted by Crippen LogP contribution is -2.14. The third kappa shape index (κ3) is 4.14. The van der Waals surface area contributed by atoms with Crippen LogP contribution in [0.15, 0.2) is 60.8 Å². The first-order chi connectivity index (χ1) is 11.4. The molecule has 2 aromatic carbocycles. The van der Waals surface area contributed by atoms with Gasteiger partial charge in [0.2, 0.25) is 0 Å². The Kier molecular flexibility index (Phi) is 4.57. The molecule has 1 aromatic heterocycles. The van der Waals surface area contributed by atoms with Crippen LogP contribution < -0.4 is 0 Å². The summed E-state index contributed by atoms with van der Waals surface area (Å²) < 4.78 is 2.31. The van der Waals surface area contributed by atoms with Crippen molar-refractivity contribution in [1.29, 1.82) is 0 Å². The lowest BCUT2D eigenvalue weighted by molar-refractivity contribution is 0.393. The second-order valence-corrected chi connectivity index (χ2v) is 7.76. The summed E-state index contributed by atoms with van der Waals surface area (Å²) in [5, 5.41) is 0. The molecule has 0 bridgehead atoms. The molecular weight excluding hydrogens is 292 g/mol. The van der Waals surface area contributed by atoms with Crippen molar-refractivity contribution < 1.29 is 0 Å². The molecule has 0 unspecified atom stereocenters. The lowest BCUT2D eigenvalue weighted by Gasteiger charge is -2.18. The van der Waals surface area contributed by atoms with E-state index in [2.05, 4.69) is 87.0 Å². The number of nitrogens with zero attached hydrogens (tertiary/aromatic N) is 2. The molecule has 2 nitrogen and oxygen atoms in total. The third-order valence-electron chi connectivity index (χ3n) is 4.05. The Morgan fingerprint density at radius 3 is 2.38 bits per heavy atom. The van der Waals surface area contributed by atoms with Gasteiger partial charge in [-0.15, -0.1) is 0 Å². The van der Waals surface area contributed by atoms with Gasteiger partial charge in [-0.05, 0) is 17.9 Å². The van der Waals surface area contributed by atoms with E-state index in [1.165, 1.54) is 16.7 Å². The predicted molar refractivity (Wildman–Crippen MR) is 101 cm³/mol. The molecule has 0 amide bonds. The molecule has 24 heavy (non-hydrogen) atoms. The van der Waals surface area contributed by atoms with E-state index >= 15 is 0 Å². The Bertz CT molecular complexity index is 807. The summed E-state index contributed by atoms with van der Waals surface area (Å²) in [5.41, 5.74) is 5.07. The average Bonchev–Trinajstić information content (AvgIpc) is 2.89. The van der Waals surface area contributed by atoms with Gasteiger partial charge in [0, 0.05) is 24.7 Å². The highest BCUT2D eigenvalue weighted by atomic mass is 15.1. The van der Waals surface area contributed by atoms with Crippen molar-refractivity contribution in [3.8, 4) is 11.3 Å². The maximum Gasteiger partial charge on any atom is 0.110 e. The van der Waals surface area contributed by atoms with E-state index in [0.29, 0.717) is 0 Å². The maximum absolute atomic E-state index is 4.95. The van der Waals surface area contributed by atoms with Crippen LogP contribution in [0.1, 0.15) is 37.7 Å². The number of hydrogen-bond donors (Lipinski definition) is 0. The van der Waals surface area contributed by atoms with Gasteiger partial charge >= 0.3 is 0 Å². The minimum absolute atomic E-state index is 0.212. The average molecular weight is 318 g/mol. The number of hydrogen-bond acceptors (Lipinski definition) is 1. The molecule has 0 aliphatic rings. The van der Waals surface area contributed by atoms with Crippen molar-refractivity contribution in [2.75, 3.05) is 0 Å². The van der Waals surface area contributed by atoms with E-state index in [1.54, 1.807) is 0 Å². The Morgan fingerprint density at radius 2 is 1.71 bits per heavy atom. The highest BCUT2D eigenvalue weighted by Crippen LogP contribution is 2.25. The molecule has 2 heteroatoms. The van der Waals surface area contributed by atoms with Gasteiger partial charge in [-0.3, -0.25) is 0 Å². The zero-order valence-corrected chi connectivity index (χ0v) is 15.1. The largest absolute Gasteiger partial charge is 0.330 e. The lowest BCUT2D eigenvalue weighted by atomic mass is 9.92. The van der Waals surface area contributed by atoms with E-state index in [0.717, 1.165) is 24.5 Å². The summed E-state index contributed by atoms with van der Waals surface area (Å²) in [6.07, 6.45) is 3.16. The maximum atomic E-state index is 4.95. The summed E-state index contributed by atoms with van der Waals surface area (Å²) in [7, 11) is 0. The van der Waals surface area contributed by atoms with Crippen LogP contribution in [0.2, 0.25) is 0 Å². The minimum atomic E-state index is 0.212. The topological polar surface area (TPSA) is 17.8 Å². The van der Waals surface area contributed by atoms with Gasteiger partial charge in [-0.25, -0.2) is 4.98 Å². The van der Waals surface area contributed by atoms with E-state index in [-0.39, 0.29) is 5.41 Å². The minimum Gasteiger partial charge on any atom is -0.330 e. The molecule has 3 rings (SSSR count). The van der Waals surface area contributed by atoms with Gasteiger partial charge in [0.05, 0.1) is 5.69 Å². The molecular formula is C22H26N2. The summed E-state index contributed by atoms with van der Waals surface area (Å²) in [6, 6.07) is 19.1. The van der Waals surface area contributed by atoms with Crippen molar-refractivity contribution >= 4 is 0 Å². The smallest absolute Gasteiger partial charge is 0.110 e. The van der Waals surface area contributed by atoms with Crippen LogP contribution in [0.4, 0.5) is 0 Å². The van der Waals surface area contributed by atoms with Crippen molar-refractivity contribution in [2.24, 2.45) is 5.41 Å². The molecule has 0 fully saturated rings. The zero-order chi connectivity index (χ0) is 17.2. The molecule has 0 saturated carbocycles. The predicted octanol–water partition coefficient (Wildman–Crippen LogP) is 5.50. The summed E-state index contributed by atoms with van der Waals surface area (Å²) in [5.74, 6) is 1.16. The number of aryl methyl sites for hydroxylation is 1. The fourth-order valence-corrected chi connectivity index (χ4v) is 2.96. The van der Waals surface area contributed by atoms with Crippen LogP contribution in [0, 0.1) is 12.3 Å². The van der Waals surface area contributed by atoms with Gasteiger partial charge in [-0.1, -0.05) is 80.9 Å². The normalized spacial score (nSPS) is 11.7. The highest BCUT2D eigenvalue weighted by molar-refractivity contribution is 5.58. The highest BCUT2D eigenvalue weighted by Gasteiger charge is 2.17. The SMILES string of the molecule is Cc1cccc(Cn2cc(-c3ccccc3)nc2CC(C)(C)C)c1. The molecule has 0 atom stereocenters. The summed E-state index contributed by atoms with van der Waals surface area (Å²) in [6.45, 7) is 9.80. The van der Waals surface area contributed by atoms with Gasteiger partial charge in [0.1, 0.15) is 5.82 Å². The van der Waals surface area contributed by atoms with Gasteiger partial charge in [-0.2, -0.15) is 0 Å². The fourth-order valence-electron chi connectivity index (χ4n) is 2.96. The van der Waals surface area contributed by atoms with E-state index < -0.39 is 0 Å². The summed E-state index contributed by atoms with van der Waals surface area (Å²) in [4.78, 5) is 4.95. The molecule has 0 spiro atoms. The molecule has 0 aliphatic heterocycles. The molecule has 0 saturated heterocycles. The summed E-state index contributed by atoms with van der Waals surface area (Å²) >= 11 is 0. The van der Waals surface area contributed by atoms with Crippen LogP contribution in [-0.2, 0) is 13.0 Å². The molecule has 3 aromatic rings. The van der Waals surface area contributed by atoms with E-state index in [4.69, 9.17) is 4.98 Å². The zero-order valence-electron chi connectivity index (χ0n) is 15.1. The monoisotopic (exact) mass is 318 g/mol. The Hall–Kier alpha value is -2.35.